The Bertz CT molecular complexity index is 378. The molecular weight excluding hydrogens is 314 g/mol. The minimum Gasteiger partial charge on any atom is -0.383 e. The van der Waals surface area contributed by atoms with Gasteiger partial charge in [-0.1, -0.05) is 11.6 Å². The molecule has 2 N–H and O–H groups in total. The van der Waals surface area contributed by atoms with Crippen LogP contribution in [0.2, 0.25) is 5.02 Å². The molecule has 7 heteroatoms. The van der Waals surface area contributed by atoms with Crippen molar-refractivity contribution in [2.24, 2.45) is 0 Å². The number of anilines is 1. The highest BCUT2D eigenvalue weighted by Gasteiger charge is 2.04. The van der Waals surface area contributed by atoms with Crippen LogP contribution < -0.4 is 10.6 Å². The van der Waals surface area contributed by atoms with Crippen LogP contribution in [0.25, 0.3) is 0 Å². The van der Waals surface area contributed by atoms with Gasteiger partial charge in [0.05, 0.1) is 11.6 Å². The van der Waals surface area contributed by atoms with Crippen LogP contribution in [0, 0.1) is 0 Å². The average Bonchev–Trinajstić information content (AvgIpc) is 2.23. The Morgan fingerprint density at radius 2 is 2.44 bits per heavy atom. The first-order valence-electron chi connectivity index (χ1n) is 4.48. The van der Waals surface area contributed by atoms with Gasteiger partial charge in [0.25, 0.3) is 0 Å². The van der Waals surface area contributed by atoms with Crippen molar-refractivity contribution in [3.8, 4) is 0 Å². The van der Waals surface area contributed by atoms with Gasteiger partial charge in [-0.25, -0.2) is 4.98 Å². The van der Waals surface area contributed by atoms with E-state index in [4.69, 9.17) is 28.6 Å². The summed E-state index contributed by atoms with van der Waals surface area (Å²) >= 11 is 14.3. The monoisotopic (exact) mass is 323 g/mol. The zero-order chi connectivity index (χ0) is 12.0. The Hall–Kier alpha value is -0.430. The highest BCUT2D eigenvalue weighted by molar-refractivity contribution is 9.10. The van der Waals surface area contributed by atoms with E-state index in [2.05, 4.69) is 31.5 Å². The number of hydrogen-bond donors (Lipinski definition) is 2. The number of ether oxygens (including phenoxy) is 1. The van der Waals surface area contributed by atoms with Gasteiger partial charge in [-0.2, -0.15) is 0 Å². The topological polar surface area (TPSA) is 46.2 Å². The second-order valence-electron chi connectivity index (χ2n) is 2.86. The van der Waals surface area contributed by atoms with Crippen LogP contribution in [0.15, 0.2) is 16.7 Å². The van der Waals surface area contributed by atoms with Crippen LogP contribution >= 0.6 is 39.7 Å². The molecule has 1 rings (SSSR count). The van der Waals surface area contributed by atoms with Crippen molar-refractivity contribution < 1.29 is 4.74 Å². The molecule has 0 unspecified atom stereocenters. The Morgan fingerprint density at radius 3 is 3.06 bits per heavy atom. The normalized spacial score (nSPS) is 9.94. The SMILES string of the molecule is COCCNC(=S)Nc1ncc(Br)cc1Cl. The molecule has 0 bridgehead atoms. The standard InChI is InChI=1S/C9H11BrClN3OS/c1-15-3-2-12-9(16)14-8-7(11)4-6(10)5-13-8/h4-5H,2-3H2,1H3,(H2,12,13,14,16). The molecule has 0 fully saturated rings. The van der Waals surface area contributed by atoms with Gasteiger partial charge in [0, 0.05) is 24.3 Å². The fourth-order valence-electron chi connectivity index (χ4n) is 0.925. The van der Waals surface area contributed by atoms with Crippen LogP contribution in [-0.2, 0) is 4.74 Å². The van der Waals surface area contributed by atoms with Gasteiger partial charge in [0.15, 0.2) is 10.9 Å². The summed E-state index contributed by atoms with van der Waals surface area (Å²) in [4.78, 5) is 4.10. The lowest BCUT2D eigenvalue weighted by Gasteiger charge is -2.10. The second kappa shape index (κ2) is 7.01. The molecule has 0 saturated heterocycles. The molecule has 1 heterocycles. The second-order valence-corrected chi connectivity index (χ2v) is 4.59. The lowest BCUT2D eigenvalue weighted by atomic mass is 10.4. The van der Waals surface area contributed by atoms with Crippen LogP contribution in [0.1, 0.15) is 0 Å². The molecule has 4 nitrogen and oxygen atoms in total. The minimum absolute atomic E-state index is 0.466. The Kier molecular flexibility index (Phi) is 5.97. The van der Waals surface area contributed by atoms with Crippen molar-refractivity contribution in [3.63, 3.8) is 0 Å². The number of rotatable bonds is 4. The number of hydrogen-bond acceptors (Lipinski definition) is 3. The van der Waals surface area contributed by atoms with Crippen LogP contribution in [-0.4, -0.2) is 30.4 Å². The van der Waals surface area contributed by atoms with E-state index in [1.807, 2.05) is 0 Å². The molecular formula is C9H11BrClN3OS. The highest BCUT2D eigenvalue weighted by Crippen LogP contribution is 2.22. The van der Waals surface area contributed by atoms with Gasteiger partial charge in [-0.3, -0.25) is 0 Å². The van der Waals surface area contributed by atoms with Gasteiger partial charge in [0.1, 0.15) is 0 Å². The molecule has 0 saturated carbocycles. The molecule has 0 atom stereocenters. The van der Waals surface area contributed by atoms with Gasteiger partial charge >= 0.3 is 0 Å². The van der Waals surface area contributed by atoms with Gasteiger partial charge in [0.2, 0.25) is 0 Å². The quantitative estimate of drug-likeness (QED) is 0.658. The lowest BCUT2D eigenvalue weighted by Crippen LogP contribution is -2.31. The number of pyridine rings is 1. The minimum atomic E-state index is 0.466. The fraction of sp³-hybridized carbons (Fsp3) is 0.333. The summed E-state index contributed by atoms with van der Waals surface area (Å²) in [5.41, 5.74) is 0. The summed E-state index contributed by atoms with van der Waals surface area (Å²) in [7, 11) is 1.63. The maximum absolute atomic E-state index is 5.97. The van der Waals surface area contributed by atoms with E-state index in [9.17, 15) is 0 Å². The molecule has 16 heavy (non-hydrogen) atoms. The number of nitrogens with zero attached hydrogens (tertiary/aromatic N) is 1. The first kappa shape index (κ1) is 13.6. The average molecular weight is 325 g/mol. The lowest BCUT2D eigenvalue weighted by molar-refractivity contribution is 0.204. The molecule has 0 aliphatic heterocycles. The van der Waals surface area contributed by atoms with Crippen molar-refractivity contribution >= 4 is 50.7 Å². The molecule has 0 aliphatic rings. The summed E-state index contributed by atoms with van der Waals surface area (Å²) in [6, 6.07) is 1.74. The highest BCUT2D eigenvalue weighted by atomic mass is 79.9. The smallest absolute Gasteiger partial charge is 0.172 e. The van der Waals surface area contributed by atoms with E-state index >= 15 is 0 Å². The van der Waals surface area contributed by atoms with E-state index in [1.165, 1.54) is 0 Å². The molecule has 1 aromatic rings. The van der Waals surface area contributed by atoms with Crippen molar-refractivity contribution in [2.75, 3.05) is 25.6 Å². The summed E-state index contributed by atoms with van der Waals surface area (Å²) in [5.74, 6) is 0.528. The van der Waals surface area contributed by atoms with E-state index in [1.54, 1.807) is 19.4 Å². The number of thiocarbonyl (C=S) groups is 1. The summed E-state index contributed by atoms with van der Waals surface area (Å²) in [6.45, 7) is 1.22. The predicted octanol–water partition coefficient (Wildman–Crippen LogP) is 2.43. The first-order valence-corrected chi connectivity index (χ1v) is 6.06. The van der Waals surface area contributed by atoms with E-state index < -0.39 is 0 Å². The van der Waals surface area contributed by atoms with Crippen LogP contribution in [0.5, 0.6) is 0 Å². The number of aromatic nitrogens is 1. The third kappa shape index (κ3) is 4.61. The maximum atomic E-state index is 5.97. The molecule has 0 spiro atoms. The van der Waals surface area contributed by atoms with Crippen molar-refractivity contribution in [2.45, 2.75) is 0 Å². The molecule has 0 aliphatic carbocycles. The molecule has 0 aromatic carbocycles. The van der Waals surface area contributed by atoms with Crippen molar-refractivity contribution in [1.29, 1.82) is 0 Å². The largest absolute Gasteiger partial charge is 0.383 e. The maximum Gasteiger partial charge on any atom is 0.172 e. The Labute approximate surface area is 113 Å². The summed E-state index contributed by atoms with van der Waals surface area (Å²) < 4.78 is 5.70. The first-order chi connectivity index (χ1) is 7.63. The summed E-state index contributed by atoms with van der Waals surface area (Å²) in [5, 5.41) is 6.83. The van der Waals surface area contributed by atoms with Crippen molar-refractivity contribution in [3.05, 3.63) is 21.8 Å². The molecule has 88 valence electrons. The Morgan fingerprint density at radius 1 is 1.69 bits per heavy atom. The number of nitrogens with one attached hydrogen (secondary N) is 2. The van der Waals surface area contributed by atoms with Crippen molar-refractivity contribution in [1.82, 2.24) is 10.3 Å². The predicted molar refractivity (Wildman–Crippen MR) is 73.0 cm³/mol. The molecule has 0 radical (unpaired) electrons. The van der Waals surface area contributed by atoms with Crippen LogP contribution in [0.3, 0.4) is 0 Å². The number of halogens is 2. The number of methoxy groups -OCH3 is 1. The van der Waals surface area contributed by atoms with Crippen LogP contribution in [0.4, 0.5) is 5.82 Å². The van der Waals surface area contributed by atoms with Gasteiger partial charge in [-0.05, 0) is 34.2 Å². The van der Waals surface area contributed by atoms with E-state index in [0.717, 1.165) is 4.47 Å². The zero-order valence-corrected chi connectivity index (χ0v) is 11.7. The van der Waals surface area contributed by atoms with Gasteiger partial charge < -0.3 is 15.4 Å². The third-order valence-corrected chi connectivity index (χ3v) is 2.60. The zero-order valence-electron chi connectivity index (χ0n) is 8.59. The van der Waals surface area contributed by atoms with Gasteiger partial charge in [-0.15, -0.1) is 0 Å². The van der Waals surface area contributed by atoms with E-state index in [0.29, 0.717) is 29.1 Å². The Balaban J connectivity index is 2.49. The molecule has 1 aromatic heterocycles. The fourth-order valence-corrected chi connectivity index (χ4v) is 1.80. The molecule has 0 amide bonds. The van der Waals surface area contributed by atoms with E-state index in [-0.39, 0.29) is 0 Å². The third-order valence-electron chi connectivity index (χ3n) is 1.63. The summed E-state index contributed by atoms with van der Waals surface area (Å²) in [6.07, 6.45) is 1.64.